The van der Waals surface area contributed by atoms with Crippen LogP contribution in [-0.4, -0.2) is 36.3 Å². The molecule has 1 unspecified atom stereocenters. The summed E-state index contributed by atoms with van der Waals surface area (Å²) in [5.74, 6) is 0.268. The van der Waals surface area contributed by atoms with Crippen LogP contribution in [0.15, 0.2) is 12.3 Å². The van der Waals surface area contributed by atoms with Gasteiger partial charge in [-0.3, -0.25) is 4.79 Å². The Kier molecular flexibility index (Phi) is 3.26. The molecule has 0 radical (unpaired) electrons. The Bertz CT molecular complexity index is 524. The van der Waals surface area contributed by atoms with Crippen molar-refractivity contribution in [3.63, 3.8) is 0 Å². The fraction of sp³-hybridized carbons (Fsp3) is 0.688. The summed E-state index contributed by atoms with van der Waals surface area (Å²) in [4.78, 5) is 12.2. The first-order valence-corrected chi connectivity index (χ1v) is 7.29. The minimum absolute atomic E-state index is 0.0482. The Labute approximate surface area is 120 Å². The van der Waals surface area contributed by atoms with E-state index in [1.807, 2.05) is 12.3 Å². The minimum Gasteiger partial charge on any atom is -0.378 e. The summed E-state index contributed by atoms with van der Waals surface area (Å²) in [7, 11) is 1.75. The van der Waals surface area contributed by atoms with Crippen LogP contribution in [0, 0.1) is 5.41 Å². The summed E-state index contributed by atoms with van der Waals surface area (Å²) in [6.07, 6.45) is 4.53. The van der Waals surface area contributed by atoms with E-state index in [1.54, 1.807) is 7.11 Å². The van der Waals surface area contributed by atoms with Gasteiger partial charge in [-0.05, 0) is 17.9 Å². The van der Waals surface area contributed by atoms with Gasteiger partial charge in [-0.15, -0.1) is 0 Å². The molecule has 4 heteroatoms. The van der Waals surface area contributed by atoms with E-state index in [4.69, 9.17) is 9.47 Å². The van der Waals surface area contributed by atoms with Gasteiger partial charge < -0.3 is 14.0 Å². The molecular formula is C16H23NO3. The molecule has 1 aromatic heterocycles. The average Bonchev–Trinajstić information content (AvgIpc) is 2.97. The highest BCUT2D eigenvalue weighted by molar-refractivity contribution is 5.98. The summed E-state index contributed by atoms with van der Waals surface area (Å²) in [6.45, 7) is 6.48. The lowest BCUT2D eigenvalue weighted by Gasteiger charge is -2.32. The van der Waals surface area contributed by atoms with Crippen LogP contribution in [0.5, 0.6) is 0 Å². The lowest BCUT2D eigenvalue weighted by atomic mass is 9.76. The van der Waals surface area contributed by atoms with Crippen molar-refractivity contribution >= 4 is 5.78 Å². The van der Waals surface area contributed by atoms with Crippen molar-refractivity contribution in [2.24, 2.45) is 5.41 Å². The number of hydrogen-bond acceptors (Lipinski definition) is 3. The minimum atomic E-state index is -0.239. The predicted octanol–water partition coefficient (Wildman–Crippen LogP) is 2.45. The number of Topliss-reactive ketones (excluding diaryl/α,β-unsaturated/α-hetero) is 1. The van der Waals surface area contributed by atoms with Gasteiger partial charge in [0.25, 0.3) is 0 Å². The second-order valence-electron chi connectivity index (χ2n) is 6.93. The van der Waals surface area contributed by atoms with Crippen molar-refractivity contribution in [2.45, 2.75) is 45.3 Å². The van der Waals surface area contributed by atoms with Gasteiger partial charge in [0.15, 0.2) is 5.78 Å². The molecule has 1 fully saturated rings. The maximum Gasteiger partial charge on any atom is 0.165 e. The zero-order valence-corrected chi connectivity index (χ0v) is 12.6. The average molecular weight is 277 g/mol. The second-order valence-corrected chi connectivity index (χ2v) is 6.93. The summed E-state index contributed by atoms with van der Waals surface area (Å²) < 4.78 is 13.4. The van der Waals surface area contributed by atoms with Crippen molar-refractivity contribution in [3.8, 4) is 0 Å². The van der Waals surface area contributed by atoms with Crippen molar-refractivity contribution in [2.75, 3.05) is 20.3 Å². The first-order valence-electron chi connectivity index (χ1n) is 7.29. The number of fused-ring (bicyclic) bond motifs is 1. The first kappa shape index (κ1) is 13.8. The summed E-state index contributed by atoms with van der Waals surface area (Å²) in [6, 6.07) is 1.96. The third kappa shape index (κ3) is 2.31. The Balaban J connectivity index is 1.91. The third-order valence-electron chi connectivity index (χ3n) is 4.62. The number of ether oxygens (including phenoxy) is 2. The van der Waals surface area contributed by atoms with E-state index in [0.717, 1.165) is 37.3 Å². The van der Waals surface area contributed by atoms with E-state index in [0.29, 0.717) is 13.0 Å². The monoisotopic (exact) mass is 277 g/mol. The number of methoxy groups -OCH3 is 1. The van der Waals surface area contributed by atoms with E-state index < -0.39 is 0 Å². The highest BCUT2D eigenvalue weighted by Gasteiger charge is 2.38. The van der Waals surface area contributed by atoms with E-state index in [-0.39, 0.29) is 16.8 Å². The lowest BCUT2D eigenvalue weighted by molar-refractivity contribution is -0.0301. The quantitative estimate of drug-likeness (QED) is 0.852. The standard InChI is InChI=1S/C16H23NO3/c1-15(2)8-13-12(14(18)9-15)4-6-17(13)10-16(19-3)5-7-20-11-16/h4,6H,5,7-11H2,1-3H3. The Morgan fingerprint density at radius 2 is 2.20 bits per heavy atom. The number of ketones is 1. The molecule has 0 amide bonds. The summed E-state index contributed by atoms with van der Waals surface area (Å²) in [5.41, 5.74) is 1.87. The fourth-order valence-corrected chi connectivity index (χ4v) is 3.40. The predicted molar refractivity (Wildman–Crippen MR) is 76.0 cm³/mol. The van der Waals surface area contributed by atoms with Crippen LogP contribution in [0.4, 0.5) is 0 Å². The molecule has 0 bridgehead atoms. The van der Waals surface area contributed by atoms with Gasteiger partial charge in [0.05, 0.1) is 13.2 Å². The van der Waals surface area contributed by atoms with Gasteiger partial charge in [-0.25, -0.2) is 0 Å². The second kappa shape index (κ2) is 4.71. The van der Waals surface area contributed by atoms with Gasteiger partial charge in [-0.1, -0.05) is 13.8 Å². The van der Waals surface area contributed by atoms with E-state index in [9.17, 15) is 4.79 Å². The van der Waals surface area contributed by atoms with Crippen molar-refractivity contribution in [3.05, 3.63) is 23.5 Å². The number of aromatic nitrogens is 1. The highest BCUT2D eigenvalue weighted by atomic mass is 16.5. The summed E-state index contributed by atoms with van der Waals surface area (Å²) in [5, 5.41) is 0. The van der Waals surface area contributed by atoms with Gasteiger partial charge in [0.2, 0.25) is 0 Å². The number of carbonyl (C=O) groups excluding carboxylic acids is 1. The molecule has 0 N–H and O–H groups in total. The molecule has 1 aliphatic heterocycles. The Morgan fingerprint density at radius 1 is 1.40 bits per heavy atom. The molecule has 110 valence electrons. The third-order valence-corrected chi connectivity index (χ3v) is 4.62. The van der Waals surface area contributed by atoms with Crippen LogP contribution in [0.3, 0.4) is 0 Å². The topological polar surface area (TPSA) is 40.5 Å². The summed E-state index contributed by atoms with van der Waals surface area (Å²) >= 11 is 0. The smallest absolute Gasteiger partial charge is 0.165 e. The van der Waals surface area contributed by atoms with Gasteiger partial charge >= 0.3 is 0 Å². The van der Waals surface area contributed by atoms with Crippen LogP contribution < -0.4 is 0 Å². The Hall–Kier alpha value is -1.13. The number of carbonyl (C=O) groups is 1. The van der Waals surface area contributed by atoms with Crippen LogP contribution in [0.1, 0.15) is 42.7 Å². The van der Waals surface area contributed by atoms with E-state index in [1.165, 1.54) is 0 Å². The van der Waals surface area contributed by atoms with Crippen LogP contribution in [0.2, 0.25) is 0 Å². The molecule has 1 saturated heterocycles. The zero-order valence-electron chi connectivity index (χ0n) is 12.6. The molecule has 2 heterocycles. The number of hydrogen-bond donors (Lipinski definition) is 0. The highest BCUT2D eigenvalue weighted by Crippen LogP contribution is 2.36. The van der Waals surface area contributed by atoms with Crippen molar-refractivity contribution in [1.29, 1.82) is 0 Å². The van der Waals surface area contributed by atoms with Crippen LogP contribution in [0.25, 0.3) is 0 Å². The maximum absolute atomic E-state index is 12.2. The SMILES string of the molecule is COC1(Cn2ccc3c2CC(C)(C)CC3=O)CCOC1. The van der Waals surface area contributed by atoms with Gasteiger partial charge in [0, 0.05) is 44.0 Å². The van der Waals surface area contributed by atoms with Crippen LogP contribution >= 0.6 is 0 Å². The fourth-order valence-electron chi connectivity index (χ4n) is 3.40. The first-order chi connectivity index (χ1) is 9.45. The Morgan fingerprint density at radius 3 is 2.85 bits per heavy atom. The van der Waals surface area contributed by atoms with Gasteiger partial charge in [-0.2, -0.15) is 0 Å². The molecule has 1 aromatic rings. The molecule has 20 heavy (non-hydrogen) atoms. The molecule has 0 aromatic carbocycles. The normalized spacial score (nSPS) is 28.6. The zero-order chi connectivity index (χ0) is 14.4. The molecule has 3 rings (SSSR count). The largest absolute Gasteiger partial charge is 0.378 e. The molecule has 1 atom stereocenters. The molecular weight excluding hydrogens is 254 g/mol. The maximum atomic E-state index is 12.2. The van der Waals surface area contributed by atoms with E-state index >= 15 is 0 Å². The molecule has 0 spiro atoms. The molecule has 4 nitrogen and oxygen atoms in total. The molecule has 2 aliphatic rings. The van der Waals surface area contributed by atoms with Crippen molar-refractivity contribution in [1.82, 2.24) is 4.57 Å². The number of rotatable bonds is 3. The van der Waals surface area contributed by atoms with Crippen molar-refractivity contribution < 1.29 is 14.3 Å². The van der Waals surface area contributed by atoms with E-state index in [2.05, 4.69) is 18.4 Å². The molecule has 0 saturated carbocycles. The van der Waals surface area contributed by atoms with Crippen LogP contribution in [-0.2, 0) is 22.4 Å². The lowest BCUT2D eigenvalue weighted by Crippen LogP contribution is -2.38. The van der Waals surface area contributed by atoms with Gasteiger partial charge in [0.1, 0.15) is 5.60 Å². The molecule has 1 aliphatic carbocycles. The number of nitrogens with zero attached hydrogens (tertiary/aromatic N) is 1.